The van der Waals surface area contributed by atoms with Crippen LogP contribution in [0.3, 0.4) is 0 Å². The van der Waals surface area contributed by atoms with Crippen molar-refractivity contribution in [2.45, 2.75) is 19.9 Å². The molecule has 0 bridgehead atoms. The Morgan fingerprint density at radius 1 is 1.65 bits per heavy atom. The Morgan fingerprint density at radius 2 is 2.41 bits per heavy atom. The van der Waals surface area contributed by atoms with E-state index in [4.69, 9.17) is 0 Å². The quantitative estimate of drug-likeness (QED) is 0.777. The molecule has 0 unspecified atom stereocenters. The Bertz CT molecular complexity index is 468. The fourth-order valence-corrected chi connectivity index (χ4v) is 2.08. The van der Waals surface area contributed by atoms with E-state index in [0.29, 0.717) is 0 Å². The van der Waals surface area contributed by atoms with Crippen molar-refractivity contribution in [2.24, 2.45) is 0 Å². The van der Waals surface area contributed by atoms with E-state index in [9.17, 15) is 4.79 Å². The van der Waals surface area contributed by atoms with Crippen molar-refractivity contribution < 1.29 is 4.79 Å². The first-order chi connectivity index (χ1) is 8.13. The number of hydrogen-bond acceptors (Lipinski definition) is 3. The maximum atomic E-state index is 11.6. The highest BCUT2D eigenvalue weighted by molar-refractivity contribution is 6.00. The second kappa shape index (κ2) is 4.67. The molecule has 1 N–H and O–H groups in total. The predicted octanol–water partition coefficient (Wildman–Crippen LogP) is 1.18. The molecule has 0 saturated carbocycles. The average Bonchev–Trinajstić information content (AvgIpc) is 2.36. The zero-order valence-corrected chi connectivity index (χ0v) is 10.3. The lowest BCUT2D eigenvalue weighted by atomic mass is 10.0. The molecule has 0 spiro atoms. The van der Waals surface area contributed by atoms with Crippen molar-refractivity contribution in [2.75, 3.05) is 18.5 Å². The minimum atomic E-state index is -0.135. The van der Waals surface area contributed by atoms with Crippen molar-refractivity contribution in [3.05, 3.63) is 35.5 Å². The lowest BCUT2D eigenvalue weighted by Crippen LogP contribution is -2.29. The zero-order valence-electron chi connectivity index (χ0n) is 10.3. The van der Waals surface area contributed by atoms with Crippen LogP contribution in [0.15, 0.2) is 18.7 Å². The molecule has 0 radical (unpaired) electrons. The van der Waals surface area contributed by atoms with Crippen LogP contribution in [0, 0.1) is 6.92 Å². The summed E-state index contributed by atoms with van der Waals surface area (Å²) in [4.78, 5) is 17.7. The second-order valence-electron chi connectivity index (χ2n) is 4.26. The molecule has 2 rings (SSSR count). The predicted molar refractivity (Wildman–Crippen MR) is 68.0 cm³/mol. The number of rotatable bonds is 2. The van der Waals surface area contributed by atoms with Gasteiger partial charge >= 0.3 is 0 Å². The van der Waals surface area contributed by atoms with Crippen molar-refractivity contribution >= 4 is 11.7 Å². The molecule has 1 aliphatic heterocycles. The van der Waals surface area contributed by atoms with E-state index in [2.05, 4.69) is 22.9 Å². The standard InChI is InChI=1S/C13H17N3O/c1-4-12(17)16(3)13-9(2)7-10-5-6-14-8-11(10)15-13/h4,7,14H,1,5-6,8H2,2-3H3. The van der Waals surface area contributed by atoms with Gasteiger partial charge in [0.1, 0.15) is 5.82 Å². The highest BCUT2D eigenvalue weighted by atomic mass is 16.2. The van der Waals surface area contributed by atoms with Crippen molar-refractivity contribution in [1.82, 2.24) is 10.3 Å². The highest BCUT2D eigenvalue weighted by Crippen LogP contribution is 2.22. The van der Waals surface area contributed by atoms with Gasteiger partial charge in [0.15, 0.2) is 0 Å². The van der Waals surface area contributed by atoms with E-state index in [-0.39, 0.29) is 5.91 Å². The smallest absolute Gasteiger partial charge is 0.251 e. The molecular formula is C13H17N3O. The molecule has 0 fully saturated rings. The van der Waals surface area contributed by atoms with Crippen LogP contribution in [0.25, 0.3) is 0 Å². The molecule has 90 valence electrons. The van der Waals surface area contributed by atoms with Gasteiger partial charge in [0.05, 0.1) is 5.69 Å². The van der Waals surface area contributed by atoms with E-state index in [1.807, 2.05) is 6.92 Å². The summed E-state index contributed by atoms with van der Waals surface area (Å²) in [5.41, 5.74) is 3.35. The number of pyridine rings is 1. The summed E-state index contributed by atoms with van der Waals surface area (Å²) < 4.78 is 0. The van der Waals surface area contributed by atoms with E-state index in [0.717, 1.165) is 36.6 Å². The monoisotopic (exact) mass is 231 g/mol. The lowest BCUT2D eigenvalue weighted by Gasteiger charge is -2.22. The Morgan fingerprint density at radius 3 is 3.12 bits per heavy atom. The number of likely N-dealkylation sites (N-methyl/N-ethyl adjacent to an activating group) is 1. The van der Waals surface area contributed by atoms with E-state index >= 15 is 0 Å². The number of amides is 1. The number of carbonyl (C=O) groups excluding carboxylic acids is 1. The topological polar surface area (TPSA) is 45.2 Å². The van der Waals surface area contributed by atoms with Gasteiger partial charge in [-0.15, -0.1) is 0 Å². The van der Waals surface area contributed by atoms with Gasteiger partial charge in [-0.05, 0) is 37.1 Å². The Labute approximate surface area is 101 Å². The number of nitrogens with one attached hydrogen (secondary N) is 1. The number of nitrogens with zero attached hydrogens (tertiary/aromatic N) is 2. The molecule has 0 saturated heterocycles. The summed E-state index contributed by atoms with van der Waals surface area (Å²) in [7, 11) is 1.72. The van der Waals surface area contributed by atoms with Gasteiger partial charge < -0.3 is 5.32 Å². The molecule has 17 heavy (non-hydrogen) atoms. The molecule has 1 aromatic heterocycles. The Kier molecular flexibility index (Phi) is 3.24. The normalized spacial score (nSPS) is 14.0. The van der Waals surface area contributed by atoms with E-state index in [1.165, 1.54) is 16.5 Å². The first-order valence-corrected chi connectivity index (χ1v) is 5.73. The van der Waals surface area contributed by atoms with E-state index in [1.54, 1.807) is 7.05 Å². The molecule has 1 amide bonds. The third-order valence-electron chi connectivity index (χ3n) is 3.04. The average molecular weight is 231 g/mol. The number of aromatic nitrogens is 1. The van der Waals surface area contributed by atoms with Crippen LogP contribution >= 0.6 is 0 Å². The summed E-state index contributed by atoms with van der Waals surface area (Å²) >= 11 is 0. The first-order valence-electron chi connectivity index (χ1n) is 5.73. The van der Waals surface area contributed by atoms with Crippen molar-refractivity contribution in [3.63, 3.8) is 0 Å². The van der Waals surface area contributed by atoms with Gasteiger partial charge in [-0.25, -0.2) is 4.98 Å². The summed E-state index contributed by atoms with van der Waals surface area (Å²) in [5, 5.41) is 3.28. The van der Waals surface area contributed by atoms with Gasteiger partial charge in [-0.1, -0.05) is 12.6 Å². The van der Waals surface area contributed by atoms with Gasteiger partial charge in [0.2, 0.25) is 0 Å². The molecule has 4 heteroatoms. The maximum absolute atomic E-state index is 11.6. The number of hydrogen-bond donors (Lipinski definition) is 1. The summed E-state index contributed by atoms with van der Waals surface area (Å²) in [6.45, 7) is 7.25. The van der Waals surface area contributed by atoms with Crippen LogP contribution in [0.1, 0.15) is 16.8 Å². The molecule has 2 heterocycles. The van der Waals surface area contributed by atoms with Gasteiger partial charge in [-0.3, -0.25) is 9.69 Å². The Hall–Kier alpha value is -1.68. The Balaban J connectivity index is 2.41. The highest BCUT2D eigenvalue weighted by Gasteiger charge is 2.17. The van der Waals surface area contributed by atoms with E-state index < -0.39 is 0 Å². The second-order valence-corrected chi connectivity index (χ2v) is 4.26. The molecule has 0 aromatic carbocycles. The zero-order chi connectivity index (χ0) is 12.4. The number of aryl methyl sites for hydroxylation is 1. The van der Waals surface area contributed by atoms with Gasteiger partial charge in [0, 0.05) is 13.6 Å². The van der Waals surface area contributed by atoms with Crippen LogP contribution in [0.4, 0.5) is 5.82 Å². The van der Waals surface area contributed by atoms with Gasteiger partial charge in [0.25, 0.3) is 5.91 Å². The molecule has 1 aromatic rings. The van der Waals surface area contributed by atoms with Crippen LogP contribution in [0.5, 0.6) is 0 Å². The molecule has 0 aliphatic carbocycles. The third-order valence-corrected chi connectivity index (χ3v) is 3.04. The van der Waals surface area contributed by atoms with Crippen molar-refractivity contribution in [1.29, 1.82) is 0 Å². The summed E-state index contributed by atoms with van der Waals surface area (Å²) in [5.74, 6) is 0.585. The molecule has 0 atom stereocenters. The molecule has 1 aliphatic rings. The molecule has 4 nitrogen and oxygen atoms in total. The maximum Gasteiger partial charge on any atom is 0.251 e. The largest absolute Gasteiger partial charge is 0.311 e. The summed E-state index contributed by atoms with van der Waals surface area (Å²) in [6, 6.07) is 2.13. The SMILES string of the molecule is C=CC(=O)N(C)c1nc2c(cc1C)CCNC2. The van der Waals surface area contributed by atoms with Crippen LogP contribution in [0.2, 0.25) is 0 Å². The summed E-state index contributed by atoms with van der Waals surface area (Å²) in [6.07, 6.45) is 2.31. The minimum absolute atomic E-state index is 0.135. The number of fused-ring (bicyclic) bond motifs is 1. The van der Waals surface area contributed by atoms with Gasteiger partial charge in [-0.2, -0.15) is 0 Å². The number of anilines is 1. The third kappa shape index (κ3) is 2.22. The molecular weight excluding hydrogens is 214 g/mol. The van der Waals surface area contributed by atoms with Crippen LogP contribution < -0.4 is 10.2 Å². The fourth-order valence-electron chi connectivity index (χ4n) is 2.08. The minimum Gasteiger partial charge on any atom is -0.311 e. The van der Waals surface area contributed by atoms with Crippen LogP contribution in [-0.4, -0.2) is 24.5 Å². The van der Waals surface area contributed by atoms with Crippen LogP contribution in [-0.2, 0) is 17.8 Å². The first kappa shape index (κ1) is 11.8. The van der Waals surface area contributed by atoms with Crippen molar-refractivity contribution in [3.8, 4) is 0 Å². The fraction of sp³-hybridized carbons (Fsp3) is 0.385. The number of carbonyl (C=O) groups is 1. The lowest BCUT2D eigenvalue weighted by molar-refractivity contribution is -0.113.